The third-order valence-corrected chi connectivity index (χ3v) is 4.63. The lowest BCUT2D eigenvalue weighted by molar-refractivity contribution is 0.0718. The van der Waals surface area contributed by atoms with E-state index in [1.807, 2.05) is 17.0 Å². The van der Waals surface area contributed by atoms with E-state index in [-0.39, 0.29) is 5.91 Å². The van der Waals surface area contributed by atoms with E-state index < -0.39 is 0 Å². The van der Waals surface area contributed by atoms with Crippen LogP contribution in [0.25, 0.3) is 0 Å². The summed E-state index contributed by atoms with van der Waals surface area (Å²) in [5.74, 6) is 0.828. The van der Waals surface area contributed by atoms with Gasteiger partial charge in [0.2, 0.25) is 0 Å². The number of likely N-dealkylation sites (tertiary alicyclic amines) is 1. The molecule has 1 aromatic heterocycles. The second-order valence-electron chi connectivity index (χ2n) is 6.45. The Bertz CT molecular complexity index is 497. The van der Waals surface area contributed by atoms with Gasteiger partial charge in [0.1, 0.15) is 5.69 Å². The van der Waals surface area contributed by atoms with Crippen LogP contribution in [0.2, 0.25) is 0 Å². The van der Waals surface area contributed by atoms with Crippen molar-refractivity contribution < 1.29 is 4.79 Å². The smallest absolute Gasteiger partial charge is 0.272 e. The molecule has 114 valence electrons. The average Bonchev–Trinajstić information content (AvgIpc) is 2.55. The highest BCUT2D eigenvalue weighted by molar-refractivity contribution is 5.93. The van der Waals surface area contributed by atoms with E-state index >= 15 is 0 Å². The van der Waals surface area contributed by atoms with Gasteiger partial charge in [-0.3, -0.25) is 9.78 Å². The lowest BCUT2D eigenvalue weighted by atomic mass is 10.00. The Hall–Kier alpha value is -1.58. The van der Waals surface area contributed by atoms with Gasteiger partial charge in [-0.05, 0) is 50.2 Å². The van der Waals surface area contributed by atoms with Crippen molar-refractivity contribution in [3.8, 4) is 0 Å². The highest BCUT2D eigenvalue weighted by Crippen LogP contribution is 2.23. The molecular weight excluding hydrogens is 262 g/mol. The summed E-state index contributed by atoms with van der Waals surface area (Å²) in [5, 5.41) is 0. The van der Waals surface area contributed by atoms with Crippen LogP contribution in [0.1, 0.15) is 49.5 Å². The van der Waals surface area contributed by atoms with Crippen LogP contribution in [0, 0.1) is 5.92 Å². The van der Waals surface area contributed by atoms with E-state index in [1.54, 1.807) is 6.20 Å². The molecule has 0 aliphatic carbocycles. The summed E-state index contributed by atoms with van der Waals surface area (Å²) >= 11 is 0. The zero-order valence-electron chi connectivity index (χ0n) is 12.9. The molecule has 2 aliphatic heterocycles. The number of amides is 1. The number of pyridine rings is 1. The zero-order chi connectivity index (χ0) is 14.7. The molecule has 0 spiro atoms. The van der Waals surface area contributed by atoms with Crippen molar-refractivity contribution in [2.24, 2.45) is 5.92 Å². The monoisotopic (exact) mass is 287 g/mol. The molecule has 0 bridgehead atoms. The van der Waals surface area contributed by atoms with Gasteiger partial charge in [0.15, 0.2) is 0 Å². The van der Waals surface area contributed by atoms with Crippen molar-refractivity contribution in [2.75, 3.05) is 31.1 Å². The first-order chi connectivity index (χ1) is 10.2. The molecule has 4 nitrogen and oxygen atoms in total. The first-order valence-corrected chi connectivity index (χ1v) is 8.24. The zero-order valence-corrected chi connectivity index (χ0v) is 12.9. The molecule has 1 aromatic rings. The Balaban J connectivity index is 1.74. The summed E-state index contributed by atoms with van der Waals surface area (Å²) in [7, 11) is 0. The van der Waals surface area contributed by atoms with Gasteiger partial charge in [0.25, 0.3) is 5.91 Å². The first-order valence-electron chi connectivity index (χ1n) is 8.24. The van der Waals surface area contributed by atoms with Crippen molar-refractivity contribution in [1.29, 1.82) is 0 Å². The largest absolute Gasteiger partial charge is 0.371 e. The molecule has 2 saturated heterocycles. The topological polar surface area (TPSA) is 36.4 Å². The lowest BCUT2D eigenvalue weighted by Crippen LogP contribution is -2.37. The molecule has 3 rings (SSSR count). The predicted molar refractivity (Wildman–Crippen MR) is 84.6 cm³/mol. The van der Waals surface area contributed by atoms with Crippen molar-refractivity contribution in [3.05, 3.63) is 24.0 Å². The first kappa shape index (κ1) is 14.4. The van der Waals surface area contributed by atoms with Crippen molar-refractivity contribution >= 4 is 11.6 Å². The van der Waals surface area contributed by atoms with Crippen LogP contribution in [-0.2, 0) is 0 Å². The molecule has 1 atom stereocenters. The summed E-state index contributed by atoms with van der Waals surface area (Å²) in [5.41, 5.74) is 1.75. The van der Waals surface area contributed by atoms with E-state index in [9.17, 15) is 4.79 Å². The molecule has 3 heterocycles. The third kappa shape index (κ3) is 3.36. The molecule has 0 radical (unpaired) electrons. The van der Waals surface area contributed by atoms with Crippen LogP contribution in [0.3, 0.4) is 0 Å². The summed E-state index contributed by atoms with van der Waals surface area (Å²) < 4.78 is 0. The number of anilines is 1. The van der Waals surface area contributed by atoms with E-state index in [2.05, 4.69) is 16.8 Å². The standard InChI is InChI=1S/C17H25N3O/c1-14-6-5-11-20(13-14)15-7-8-18-16(12-15)17(21)19-9-3-2-4-10-19/h7-8,12,14H,2-6,9-11,13H2,1H3. The van der Waals surface area contributed by atoms with Crippen LogP contribution >= 0.6 is 0 Å². The molecule has 0 saturated carbocycles. The van der Waals surface area contributed by atoms with Gasteiger partial charge in [0.05, 0.1) is 0 Å². The molecule has 1 amide bonds. The number of nitrogens with zero attached hydrogens (tertiary/aromatic N) is 3. The fourth-order valence-corrected chi connectivity index (χ4v) is 3.42. The second kappa shape index (κ2) is 6.46. The van der Waals surface area contributed by atoms with Crippen molar-refractivity contribution in [1.82, 2.24) is 9.88 Å². The van der Waals surface area contributed by atoms with Gasteiger partial charge in [-0.2, -0.15) is 0 Å². The van der Waals surface area contributed by atoms with Crippen LogP contribution in [0.5, 0.6) is 0 Å². The summed E-state index contributed by atoms with van der Waals surface area (Å²) in [4.78, 5) is 21.2. The van der Waals surface area contributed by atoms with Crippen LogP contribution < -0.4 is 4.90 Å². The van der Waals surface area contributed by atoms with Gasteiger partial charge < -0.3 is 9.80 Å². The van der Waals surface area contributed by atoms with Gasteiger partial charge >= 0.3 is 0 Å². The maximum absolute atomic E-state index is 12.5. The van der Waals surface area contributed by atoms with E-state index in [0.717, 1.165) is 50.6 Å². The van der Waals surface area contributed by atoms with Gasteiger partial charge in [0, 0.05) is 38.1 Å². The predicted octanol–water partition coefficient (Wildman–Crippen LogP) is 2.94. The number of rotatable bonds is 2. The van der Waals surface area contributed by atoms with Crippen LogP contribution in [-0.4, -0.2) is 42.0 Å². The summed E-state index contributed by atoms with van der Waals surface area (Å²) in [6, 6.07) is 4.01. The maximum Gasteiger partial charge on any atom is 0.272 e. The van der Waals surface area contributed by atoms with Crippen LogP contribution in [0.4, 0.5) is 5.69 Å². The summed E-state index contributed by atoms with van der Waals surface area (Å²) in [6.07, 6.45) is 7.80. The fourth-order valence-electron chi connectivity index (χ4n) is 3.42. The lowest BCUT2D eigenvalue weighted by Gasteiger charge is -2.33. The molecule has 2 aliphatic rings. The fraction of sp³-hybridized carbons (Fsp3) is 0.647. The normalized spacial score (nSPS) is 23.2. The number of hydrogen-bond donors (Lipinski definition) is 0. The second-order valence-corrected chi connectivity index (χ2v) is 6.45. The Labute approximate surface area is 127 Å². The highest BCUT2D eigenvalue weighted by Gasteiger charge is 2.21. The Kier molecular flexibility index (Phi) is 4.42. The minimum atomic E-state index is 0.0987. The Morgan fingerprint density at radius 3 is 2.76 bits per heavy atom. The molecule has 0 N–H and O–H groups in total. The van der Waals surface area contributed by atoms with Gasteiger partial charge in [-0.15, -0.1) is 0 Å². The van der Waals surface area contributed by atoms with Crippen molar-refractivity contribution in [3.63, 3.8) is 0 Å². The maximum atomic E-state index is 12.5. The molecule has 1 unspecified atom stereocenters. The quantitative estimate of drug-likeness (QED) is 0.839. The number of piperidine rings is 2. The Morgan fingerprint density at radius 2 is 2.00 bits per heavy atom. The SMILES string of the molecule is CC1CCCN(c2ccnc(C(=O)N3CCCCC3)c2)C1. The molecule has 21 heavy (non-hydrogen) atoms. The number of hydrogen-bond acceptors (Lipinski definition) is 3. The molecule has 2 fully saturated rings. The molecule has 0 aromatic carbocycles. The molecule has 4 heteroatoms. The van der Waals surface area contributed by atoms with E-state index in [4.69, 9.17) is 0 Å². The Morgan fingerprint density at radius 1 is 1.19 bits per heavy atom. The number of carbonyl (C=O) groups excluding carboxylic acids is 1. The minimum absolute atomic E-state index is 0.0987. The van der Waals surface area contributed by atoms with Crippen molar-refractivity contribution in [2.45, 2.75) is 39.0 Å². The van der Waals surface area contributed by atoms with E-state index in [1.165, 1.54) is 19.3 Å². The van der Waals surface area contributed by atoms with E-state index in [0.29, 0.717) is 5.69 Å². The highest BCUT2D eigenvalue weighted by atomic mass is 16.2. The van der Waals surface area contributed by atoms with Crippen LogP contribution in [0.15, 0.2) is 18.3 Å². The number of aromatic nitrogens is 1. The average molecular weight is 287 g/mol. The molecular formula is C17H25N3O. The summed E-state index contributed by atoms with van der Waals surface area (Å²) in [6.45, 7) is 6.23. The third-order valence-electron chi connectivity index (χ3n) is 4.63. The van der Waals surface area contributed by atoms with Gasteiger partial charge in [-0.25, -0.2) is 0 Å². The van der Waals surface area contributed by atoms with Gasteiger partial charge in [-0.1, -0.05) is 6.92 Å². The number of carbonyl (C=O) groups is 1. The minimum Gasteiger partial charge on any atom is -0.371 e.